The van der Waals surface area contributed by atoms with E-state index in [0.717, 1.165) is 23.4 Å². The van der Waals surface area contributed by atoms with Crippen LogP contribution in [0.1, 0.15) is 28.2 Å². The van der Waals surface area contributed by atoms with Gasteiger partial charge in [0.1, 0.15) is 6.54 Å². The quantitative estimate of drug-likeness (QED) is 0.683. The Labute approximate surface area is 147 Å². The lowest BCUT2D eigenvalue weighted by atomic mass is 10.3. The molecule has 1 fully saturated rings. The predicted molar refractivity (Wildman–Crippen MR) is 90.5 cm³/mol. The smallest absolute Gasteiger partial charge is 0.341 e. The summed E-state index contributed by atoms with van der Waals surface area (Å²) in [5, 5.41) is 13.5. The lowest BCUT2D eigenvalue weighted by Crippen LogP contribution is -2.28. The largest absolute Gasteiger partial charge is 0.474 e. The average molecular weight is 364 g/mol. The lowest BCUT2D eigenvalue weighted by Gasteiger charge is -2.03. The molecule has 24 heavy (non-hydrogen) atoms. The van der Waals surface area contributed by atoms with Crippen LogP contribution >= 0.6 is 22.9 Å². The number of nitrogens with zero attached hydrogens (tertiary/aromatic N) is 3. The Kier molecular flexibility index (Phi) is 3.90. The molecule has 0 bridgehead atoms. The van der Waals surface area contributed by atoms with Gasteiger partial charge in [-0.1, -0.05) is 17.7 Å². The second-order valence-electron chi connectivity index (χ2n) is 5.92. The first-order valence-electron chi connectivity index (χ1n) is 7.73. The fourth-order valence-electron chi connectivity index (χ4n) is 2.72. The topological polar surface area (TPSA) is 71.2 Å². The van der Waals surface area contributed by atoms with Crippen molar-refractivity contribution < 1.29 is 14.3 Å². The van der Waals surface area contributed by atoms with Gasteiger partial charge in [0.25, 0.3) is 17.2 Å². The van der Waals surface area contributed by atoms with E-state index in [0.29, 0.717) is 23.5 Å². The van der Waals surface area contributed by atoms with Crippen molar-refractivity contribution in [3.63, 3.8) is 0 Å². The minimum absolute atomic E-state index is 0.0606. The third kappa shape index (κ3) is 2.85. The van der Waals surface area contributed by atoms with E-state index in [9.17, 15) is 9.90 Å². The molecule has 0 aliphatic heterocycles. The zero-order chi connectivity index (χ0) is 16.7. The van der Waals surface area contributed by atoms with Crippen molar-refractivity contribution in [2.75, 3.05) is 6.54 Å². The minimum atomic E-state index is -0.265. The Morgan fingerprint density at radius 2 is 2.33 bits per heavy atom. The van der Waals surface area contributed by atoms with Crippen LogP contribution in [0, 0.1) is 5.92 Å². The molecule has 1 aliphatic carbocycles. The molecular weight excluding hydrogens is 348 g/mol. The van der Waals surface area contributed by atoms with E-state index in [4.69, 9.17) is 11.6 Å². The second kappa shape index (κ2) is 6.07. The Morgan fingerprint density at radius 3 is 3.04 bits per heavy atom. The highest BCUT2D eigenvalue weighted by Gasteiger charge is 2.32. The van der Waals surface area contributed by atoms with Crippen molar-refractivity contribution >= 4 is 34.5 Å². The summed E-state index contributed by atoms with van der Waals surface area (Å²) in [6.07, 6.45) is 5.74. The standard InChI is InChI=1S/C16H15ClN4O2S/c17-16-19-8-11(24-16)9-21-12-3-1-2-6-20(12)15(23)13(21)14(22)18-7-10-4-5-10/h1-3,6,8,10H,4-5,7,9H2,(H-,18,22,23)/p+1. The number of thiazole rings is 1. The SMILES string of the molecule is O=C(NCC1CC1)c1c(O)[n+]2ccccc2n1Cc1cnc(Cl)s1. The summed E-state index contributed by atoms with van der Waals surface area (Å²) in [6, 6.07) is 5.54. The summed E-state index contributed by atoms with van der Waals surface area (Å²) in [4.78, 5) is 17.6. The summed E-state index contributed by atoms with van der Waals surface area (Å²) in [5.41, 5.74) is 0.988. The lowest BCUT2D eigenvalue weighted by molar-refractivity contribution is -0.521. The van der Waals surface area contributed by atoms with Crippen LogP contribution < -0.4 is 9.72 Å². The Hall–Kier alpha value is -2.12. The molecule has 4 rings (SSSR count). The highest BCUT2D eigenvalue weighted by Crippen LogP contribution is 2.28. The van der Waals surface area contributed by atoms with E-state index >= 15 is 0 Å². The minimum Gasteiger partial charge on any atom is -0.474 e. The number of imidazole rings is 1. The Balaban J connectivity index is 1.76. The van der Waals surface area contributed by atoms with Gasteiger partial charge in [-0.2, -0.15) is 4.40 Å². The molecule has 3 aromatic heterocycles. The maximum absolute atomic E-state index is 12.6. The number of hydrogen-bond acceptors (Lipinski definition) is 4. The van der Waals surface area contributed by atoms with Crippen molar-refractivity contribution in [3.8, 4) is 5.88 Å². The number of fused-ring (bicyclic) bond motifs is 1. The number of pyridine rings is 1. The molecule has 1 amide bonds. The van der Waals surface area contributed by atoms with Crippen molar-refractivity contribution in [2.45, 2.75) is 19.4 Å². The molecule has 0 unspecified atom stereocenters. The third-order valence-electron chi connectivity index (χ3n) is 4.13. The van der Waals surface area contributed by atoms with Gasteiger partial charge in [0, 0.05) is 18.8 Å². The van der Waals surface area contributed by atoms with Gasteiger partial charge >= 0.3 is 5.88 Å². The van der Waals surface area contributed by atoms with E-state index in [1.165, 1.54) is 11.3 Å². The zero-order valence-electron chi connectivity index (χ0n) is 12.8. The molecule has 0 atom stereocenters. The van der Waals surface area contributed by atoms with Gasteiger partial charge in [0.2, 0.25) is 0 Å². The van der Waals surface area contributed by atoms with Crippen LogP contribution in [0.5, 0.6) is 5.88 Å². The number of aromatic nitrogens is 3. The van der Waals surface area contributed by atoms with Crippen LogP contribution in [-0.4, -0.2) is 27.1 Å². The number of rotatable bonds is 5. The highest BCUT2D eigenvalue weighted by molar-refractivity contribution is 7.15. The second-order valence-corrected chi connectivity index (χ2v) is 7.62. The Morgan fingerprint density at radius 1 is 1.50 bits per heavy atom. The fraction of sp³-hybridized carbons (Fsp3) is 0.312. The van der Waals surface area contributed by atoms with Crippen molar-refractivity contribution in [1.82, 2.24) is 14.9 Å². The van der Waals surface area contributed by atoms with E-state index in [2.05, 4.69) is 10.3 Å². The predicted octanol–water partition coefficient (Wildman–Crippen LogP) is 2.23. The molecule has 0 spiro atoms. The molecule has 8 heteroatoms. The van der Waals surface area contributed by atoms with Gasteiger partial charge in [0.15, 0.2) is 4.47 Å². The first kappa shape index (κ1) is 15.4. The van der Waals surface area contributed by atoms with Crippen LogP contribution in [0.15, 0.2) is 30.6 Å². The molecule has 124 valence electrons. The average Bonchev–Trinajstić information content (AvgIpc) is 3.26. The molecule has 0 radical (unpaired) electrons. The molecular formula is C16H16ClN4O2S+. The molecule has 1 saturated carbocycles. The molecule has 3 aromatic rings. The number of nitrogens with one attached hydrogen (secondary N) is 1. The number of amides is 1. The first-order valence-corrected chi connectivity index (χ1v) is 8.93. The van der Waals surface area contributed by atoms with E-state index < -0.39 is 0 Å². The monoisotopic (exact) mass is 363 g/mol. The maximum Gasteiger partial charge on any atom is 0.341 e. The van der Waals surface area contributed by atoms with Crippen LogP contribution in [0.2, 0.25) is 4.47 Å². The van der Waals surface area contributed by atoms with Gasteiger partial charge in [-0.25, -0.2) is 9.55 Å². The molecule has 6 nitrogen and oxygen atoms in total. The number of halogens is 1. The summed E-state index contributed by atoms with van der Waals surface area (Å²) < 4.78 is 3.86. The first-order chi connectivity index (χ1) is 11.6. The zero-order valence-corrected chi connectivity index (χ0v) is 14.3. The summed E-state index contributed by atoms with van der Waals surface area (Å²) in [7, 11) is 0. The van der Waals surface area contributed by atoms with Gasteiger partial charge < -0.3 is 10.4 Å². The van der Waals surface area contributed by atoms with Crippen molar-refractivity contribution in [3.05, 3.63) is 45.6 Å². The third-order valence-corrected chi connectivity index (χ3v) is 5.23. The van der Waals surface area contributed by atoms with Crippen LogP contribution in [0.4, 0.5) is 0 Å². The number of aromatic hydroxyl groups is 1. The number of carbonyl (C=O) groups excluding carboxylic acids is 1. The fourth-order valence-corrected chi connectivity index (χ4v) is 3.69. The van der Waals surface area contributed by atoms with Crippen LogP contribution in [0.3, 0.4) is 0 Å². The molecule has 1 aliphatic rings. The molecule has 0 aromatic carbocycles. The van der Waals surface area contributed by atoms with E-state index in [-0.39, 0.29) is 17.5 Å². The molecule has 3 heterocycles. The van der Waals surface area contributed by atoms with Gasteiger partial charge in [0.05, 0.1) is 11.1 Å². The van der Waals surface area contributed by atoms with Crippen LogP contribution in [0.25, 0.3) is 5.65 Å². The van der Waals surface area contributed by atoms with Gasteiger partial charge in [-0.15, -0.1) is 11.3 Å². The molecule has 0 saturated heterocycles. The van der Waals surface area contributed by atoms with Crippen molar-refractivity contribution in [2.24, 2.45) is 5.92 Å². The molecule has 2 N–H and O–H groups in total. The van der Waals surface area contributed by atoms with Crippen LogP contribution in [-0.2, 0) is 6.54 Å². The number of carbonyl (C=O) groups is 1. The van der Waals surface area contributed by atoms with Crippen molar-refractivity contribution in [1.29, 1.82) is 0 Å². The van der Waals surface area contributed by atoms with E-state index in [1.54, 1.807) is 21.4 Å². The normalized spacial score (nSPS) is 14.2. The van der Waals surface area contributed by atoms with Gasteiger partial charge in [-0.05, 0) is 24.8 Å². The van der Waals surface area contributed by atoms with Gasteiger partial charge in [-0.3, -0.25) is 4.79 Å². The highest BCUT2D eigenvalue weighted by atomic mass is 35.5. The summed E-state index contributed by atoms with van der Waals surface area (Å²) in [5.74, 6) is 0.245. The summed E-state index contributed by atoms with van der Waals surface area (Å²) >= 11 is 7.27. The Bertz CT molecular complexity index is 916. The summed E-state index contributed by atoms with van der Waals surface area (Å²) in [6.45, 7) is 1.07. The maximum atomic E-state index is 12.6. The number of hydrogen-bond donors (Lipinski definition) is 2. The van der Waals surface area contributed by atoms with E-state index in [1.807, 2.05) is 18.2 Å².